The number of hydrogen-bond acceptors (Lipinski definition) is 6. The molecule has 0 spiro atoms. The fraction of sp³-hybridized carbons (Fsp3) is 0.261. The number of nitrogens with zero attached hydrogens (tertiary/aromatic N) is 4. The molecule has 3 aromatic heterocycles. The van der Waals surface area contributed by atoms with Crippen molar-refractivity contribution in [2.24, 2.45) is 0 Å². The molecule has 1 amide bonds. The Morgan fingerprint density at radius 1 is 1.13 bits per heavy atom. The normalized spacial score (nSPS) is 15.0. The van der Waals surface area contributed by atoms with Crippen molar-refractivity contribution in [3.05, 3.63) is 69.0 Å². The maximum atomic E-state index is 13.5. The maximum Gasteiger partial charge on any atom is 0.259 e. The van der Waals surface area contributed by atoms with Gasteiger partial charge in [0.1, 0.15) is 0 Å². The minimum atomic E-state index is -0.00491. The number of aromatic nitrogens is 2. The Morgan fingerprint density at radius 2 is 1.90 bits per heavy atom. The van der Waals surface area contributed by atoms with Crippen molar-refractivity contribution in [2.45, 2.75) is 13.5 Å². The second-order valence-electron chi connectivity index (χ2n) is 7.64. The minimum absolute atomic E-state index is 0.00491. The molecular weight excluding hydrogens is 432 g/mol. The van der Waals surface area contributed by atoms with Crippen LogP contribution in [0.15, 0.2) is 53.1 Å². The number of rotatable bonds is 4. The van der Waals surface area contributed by atoms with E-state index in [9.17, 15) is 4.79 Å². The van der Waals surface area contributed by atoms with Crippen LogP contribution in [-0.2, 0) is 6.54 Å². The summed E-state index contributed by atoms with van der Waals surface area (Å²) in [6, 6.07) is 15.7. The largest absolute Gasteiger partial charge is 0.336 e. The smallest absolute Gasteiger partial charge is 0.259 e. The molecule has 1 fully saturated rings. The summed E-state index contributed by atoms with van der Waals surface area (Å²) >= 11 is 7.66. The number of piperazine rings is 1. The Balaban J connectivity index is 1.39. The van der Waals surface area contributed by atoms with Crippen molar-refractivity contribution in [1.82, 2.24) is 19.9 Å². The maximum absolute atomic E-state index is 13.5. The molecule has 0 radical (unpaired) electrons. The first-order chi connectivity index (χ1) is 15.1. The highest BCUT2D eigenvalue weighted by Gasteiger charge is 2.26. The zero-order chi connectivity index (χ0) is 21.4. The average Bonchev–Trinajstić information content (AvgIpc) is 3.39. The molecule has 1 aromatic carbocycles. The van der Waals surface area contributed by atoms with Gasteiger partial charge in [-0.1, -0.05) is 47.1 Å². The number of halogens is 1. The summed E-state index contributed by atoms with van der Waals surface area (Å²) in [5, 5.41) is 4.75. The predicted molar refractivity (Wildman–Crippen MR) is 122 cm³/mol. The lowest BCUT2D eigenvalue weighted by atomic mass is 10.0. The van der Waals surface area contributed by atoms with Crippen LogP contribution in [0.3, 0.4) is 0 Å². The Morgan fingerprint density at radius 3 is 2.61 bits per heavy atom. The molecule has 4 aromatic rings. The van der Waals surface area contributed by atoms with Gasteiger partial charge in [-0.3, -0.25) is 9.69 Å². The fourth-order valence-electron chi connectivity index (χ4n) is 3.96. The quantitative estimate of drug-likeness (QED) is 0.442. The number of amides is 1. The zero-order valence-corrected chi connectivity index (χ0v) is 18.6. The van der Waals surface area contributed by atoms with E-state index >= 15 is 0 Å². The molecule has 0 bridgehead atoms. The van der Waals surface area contributed by atoms with E-state index in [1.165, 1.54) is 4.88 Å². The number of benzene rings is 1. The Labute approximate surface area is 189 Å². The first-order valence-electron chi connectivity index (χ1n) is 10.2. The lowest BCUT2D eigenvalue weighted by molar-refractivity contribution is 0.0631. The molecule has 0 unspecified atom stereocenters. The summed E-state index contributed by atoms with van der Waals surface area (Å²) < 4.78 is 6.23. The zero-order valence-electron chi connectivity index (χ0n) is 17.0. The molecule has 0 N–H and O–H groups in total. The van der Waals surface area contributed by atoms with Crippen LogP contribution in [0.25, 0.3) is 22.4 Å². The fourth-order valence-corrected chi connectivity index (χ4v) is 5.09. The van der Waals surface area contributed by atoms with Gasteiger partial charge in [-0.05, 0) is 25.1 Å². The molecule has 4 heterocycles. The van der Waals surface area contributed by atoms with E-state index in [4.69, 9.17) is 16.1 Å². The van der Waals surface area contributed by atoms with E-state index in [0.29, 0.717) is 41.1 Å². The van der Waals surface area contributed by atoms with Crippen molar-refractivity contribution < 1.29 is 9.32 Å². The molecule has 31 heavy (non-hydrogen) atoms. The standard InChI is InChI=1S/C23H21ClN4O2S/c1-15-21-18(13-19(25-22(21)30-26-15)16-5-3-2-4-6-16)23(29)28-11-9-27(10-12-28)14-17-7-8-20(24)31-17/h2-8,13H,9-12,14H2,1H3. The lowest BCUT2D eigenvalue weighted by Gasteiger charge is -2.34. The first-order valence-corrected chi connectivity index (χ1v) is 11.4. The van der Waals surface area contributed by atoms with Crippen molar-refractivity contribution in [3.8, 4) is 11.3 Å². The molecule has 1 aliphatic heterocycles. The van der Waals surface area contributed by atoms with Crippen LogP contribution in [0.4, 0.5) is 0 Å². The summed E-state index contributed by atoms with van der Waals surface area (Å²) in [4.78, 5) is 23.6. The summed E-state index contributed by atoms with van der Waals surface area (Å²) in [5.74, 6) is -0.00491. The van der Waals surface area contributed by atoms with E-state index in [0.717, 1.165) is 29.5 Å². The van der Waals surface area contributed by atoms with Gasteiger partial charge in [0, 0.05) is 43.2 Å². The number of carbonyl (C=O) groups is 1. The average molecular weight is 453 g/mol. The van der Waals surface area contributed by atoms with E-state index < -0.39 is 0 Å². The van der Waals surface area contributed by atoms with Gasteiger partial charge in [-0.25, -0.2) is 4.98 Å². The van der Waals surface area contributed by atoms with Crippen LogP contribution >= 0.6 is 22.9 Å². The Bertz CT molecular complexity index is 1230. The van der Waals surface area contributed by atoms with Crippen molar-refractivity contribution in [3.63, 3.8) is 0 Å². The van der Waals surface area contributed by atoms with Gasteiger partial charge < -0.3 is 9.42 Å². The molecule has 0 saturated carbocycles. The van der Waals surface area contributed by atoms with Crippen LogP contribution < -0.4 is 0 Å². The molecule has 158 valence electrons. The molecule has 1 saturated heterocycles. The van der Waals surface area contributed by atoms with E-state index in [2.05, 4.69) is 21.1 Å². The lowest BCUT2D eigenvalue weighted by Crippen LogP contribution is -2.48. The number of pyridine rings is 1. The Kier molecular flexibility index (Phi) is 5.48. The number of hydrogen-bond donors (Lipinski definition) is 0. The van der Waals surface area contributed by atoms with Gasteiger partial charge in [0.05, 0.1) is 26.7 Å². The SMILES string of the molecule is Cc1noc2nc(-c3ccccc3)cc(C(=O)N3CCN(Cc4ccc(Cl)s4)CC3)c12. The third-order valence-corrected chi connectivity index (χ3v) is 6.80. The minimum Gasteiger partial charge on any atom is -0.336 e. The van der Waals surface area contributed by atoms with Gasteiger partial charge >= 0.3 is 0 Å². The highest BCUT2D eigenvalue weighted by molar-refractivity contribution is 7.16. The monoisotopic (exact) mass is 452 g/mol. The van der Waals surface area contributed by atoms with E-state index in [1.54, 1.807) is 11.3 Å². The number of aryl methyl sites for hydroxylation is 1. The van der Waals surface area contributed by atoms with E-state index in [-0.39, 0.29) is 5.91 Å². The van der Waals surface area contributed by atoms with Gasteiger partial charge in [0.2, 0.25) is 0 Å². The summed E-state index contributed by atoms with van der Waals surface area (Å²) in [6.45, 7) is 5.70. The summed E-state index contributed by atoms with van der Waals surface area (Å²) in [5.41, 5.74) is 3.32. The topological polar surface area (TPSA) is 62.5 Å². The van der Waals surface area contributed by atoms with Gasteiger partial charge in [-0.2, -0.15) is 0 Å². The van der Waals surface area contributed by atoms with E-state index in [1.807, 2.05) is 54.3 Å². The summed E-state index contributed by atoms with van der Waals surface area (Å²) in [7, 11) is 0. The van der Waals surface area contributed by atoms with Crippen LogP contribution in [0.5, 0.6) is 0 Å². The number of thiophene rings is 1. The Hall–Kier alpha value is -2.74. The molecule has 5 rings (SSSR count). The third kappa shape index (κ3) is 4.08. The molecule has 6 nitrogen and oxygen atoms in total. The third-order valence-electron chi connectivity index (χ3n) is 5.58. The molecule has 0 aliphatic carbocycles. The molecule has 8 heteroatoms. The molecule has 0 atom stereocenters. The van der Waals surface area contributed by atoms with Gasteiger partial charge in [0.25, 0.3) is 11.6 Å². The van der Waals surface area contributed by atoms with Gasteiger partial charge in [-0.15, -0.1) is 11.3 Å². The predicted octanol–water partition coefficient (Wildman–Crippen LogP) is 4.87. The van der Waals surface area contributed by atoms with Crippen molar-refractivity contribution in [1.29, 1.82) is 0 Å². The molecule has 1 aliphatic rings. The second kappa shape index (κ2) is 8.42. The molecular formula is C23H21ClN4O2S. The van der Waals surface area contributed by atoms with Crippen LogP contribution in [0, 0.1) is 6.92 Å². The number of fused-ring (bicyclic) bond motifs is 1. The van der Waals surface area contributed by atoms with Crippen LogP contribution in [-0.4, -0.2) is 52.0 Å². The number of carbonyl (C=O) groups excluding carboxylic acids is 1. The highest BCUT2D eigenvalue weighted by Crippen LogP contribution is 2.28. The van der Waals surface area contributed by atoms with Gasteiger partial charge in [0.15, 0.2) is 0 Å². The van der Waals surface area contributed by atoms with Crippen molar-refractivity contribution >= 4 is 39.9 Å². The first kappa shape index (κ1) is 20.2. The highest BCUT2D eigenvalue weighted by atomic mass is 35.5. The summed E-state index contributed by atoms with van der Waals surface area (Å²) in [6.07, 6.45) is 0. The van der Waals surface area contributed by atoms with Crippen molar-refractivity contribution in [2.75, 3.05) is 26.2 Å². The van der Waals surface area contributed by atoms with Crippen LogP contribution in [0.1, 0.15) is 20.9 Å². The van der Waals surface area contributed by atoms with Crippen LogP contribution in [0.2, 0.25) is 4.34 Å². The second-order valence-corrected chi connectivity index (χ2v) is 9.44.